The van der Waals surface area contributed by atoms with E-state index in [2.05, 4.69) is 148 Å². The van der Waals surface area contributed by atoms with Crippen molar-refractivity contribution in [3.8, 4) is 11.1 Å². The molecule has 7 aromatic rings. The number of fused-ring (bicyclic) bond motifs is 6. The Kier molecular flexibility index (Phi) is 5.74. The van der Waals surface area contributed by atoms with Crippen LogP contribution < -0.4 is 0 Å². The second-order valence-electron chi connectivity index (χ2n) is 11.8. The molecule has 0 bridgehead atoms. The highest BCUT2D eigenvalue weighted by Gasteiger charge is 2.47. The summed E-state index contributed by atoms with van der Waals surface area (Å²) in [4.78, 5) is 0. The summed E-state index contributed by atoms with van der Waals surface area (Å²) in [5.74, 6) is 0. The van der Waals surface area contributed by atoms with E-state index in [-0.39, 0.29) is 5.41 Å². The minimum atomic E-state index is -0.369. The molecular weight excluding hydrogens is 525 g/mol. The molecule has 8 rings (SSSR count). The molecule has 202 valence electrons. The summed E-state index contributed by atoms with van der Waals surface area (Å²) in [6.45, 7) is 6.79. The standard InChI is InChI=1S/C41H32S/c1-26-13-10-20-33-36(26)39-29(25-30-24-23-28(3)38-37-27(2)14-11-22-35(37)42-40(30)38)15-12-21-34(39)41(33,31-16-6-4-7-17-31)32-18-8-5-9-19-32/h4-24H,25H2,1-3H3. The summed E-state index contributed by atoms with van der Waals surface area (Å²) in [6.07, 6.45) is 0.902. The van der Waals surface area contributed by atoms with Crippen molar-refractivity contribution in [1.29, 1.82) is 0 Å². The summed E-state index contributed by atoms with van der Waals surface area (Å²) in [6, 6.07) is 47.6. The van der Waals surface area contributed by atoms with Gasteiger partial charge in [-0.2, -0.15) is 0 Å². The second kappa shape index (κ2) is 9.54. The molecule has 0 spiro atoms. The van der Waals surface area contributed by atoms with Gasteiger partial charge in [-0.25, -0.2) is 0 Å². The van der Waals surface area contributed by atoms with Crippen molar-refractivity contribution in [3.63, 3.8) is 0 Å². The van der Waals surface area contributed by atoms with Gasteiger partial charge in [0, 0.05) is 20.2 Å². The minimum absolute atomic E-state index is 0.369. The van der Waals surface area contributed by atoms with Crippen LogP contribution in [0.3, 0.4) is 0 Å². The fourth-order valence-corrected chi connectivity index (χ4v) is 9.00. The number of hydrogen-bond donors (Lipinski definition) is 0. The highest BCUT2D eigenvalue weighted by Crippen LogP contribution is 2.58. The predicted molar refractivity (Wildman–Crippen MR) is 180 cm³/mol. The Hall–Kier alpha value is -4.46. The maximum absolute atomic E-state index is 2.38. The number of thiophene rings is 1. The first kappa shape index (κ1) is 25.3. The smallest absolute Gasteiger partial charge is 0.0713 e. The van der Waals surface area contributed by atoms with Crippen LogP contribution in [0.15, 0.2) is 127 Å². The van der Waals surface area contributed by atoms with Gasteiger partial charge in [0.1, 0.15) is 0 Å². The highest BCUT2D eigenvalue weighted by molar-refractivity contribution is 7.26. The zero-order valence-corrected chi connectivity index (χ0v) is 25.1. The van der Waals surface area contributed by atoms with E-state index in [1.54, 1.807) is 0 Å². The Morgan fingerprint density at radius 1 is 0.476 bits per heavy atom. The molecule has 1 heteroatoms. The maximum atomic E-state index is 2.38. The number of benzene rings is 6. The number of hydrogen-bond acceptors (Lipinski definition) is 1. The minimum Gasteiger partial charge on any atom is -0.135 e. The van der Waals surface area contributed by atoms with Gasteiger partial charge in [0.25, 0.3) is 0 Å². The lowest BCUT2D eigenvalue weighted by atomic mass is 9.67. The Morgan fingerprint density at radius 2 is 1.07 bits per heavy atom. The molecule has 42 heavy (non-hydrogen) atoms. The molecule has 6 aromatic carbocycles. The van der Waals surface area contributed by atoms with Crippen LogP contribution in [0.2, 0.25) is 0 Å². The molecule has 0 N–H and O–H groups in total. The van der Waals surface area contributed by atoms with Crippen molar-refractivity contribution in [3.05, 3.63) is 177 Å². The molecular formula is C41H32S. The zero-order valence-electron chi connectivity index (χ0n) is 24.2. The number of aryl methyl sites for hydroxylation is 3. The van der Waals surface area contributed by atoms with E-state index in [1.807, 2.05) is 11.3 Å². The van der Waals surface area contributed by atoms with Crippen LogP contribution in [0.5, 0.6) is 0 Å². The SMILES string of the molecule is Cc1cccc2c1-c1c(Cc3ccc(C)c4c3sc3cccc(C)c34)cccc1C2(c1ccccc1)c1ccccc1. The van der Waals surface area contributed by atoms with Gasteiger partial charge in [-0.05, 0) is 94.5 Å². The first-order valence-electron chi connectivity index (χ1n) is 14.8. The van der Waals surface area contributed by atoms with Crippen LogP contribution >= 0.6 is 11.3 Å². The van der Waals surface area contributed by atoms with E-state index in [9.17, 15) is 0 Å². The van der Waals surface area contributed by atoms with Gasteiger partial charge < -0.3 is 0 Å². The summed E-state index contributed by atoms with van der Waals surface area (Å²) < 4.78 is 2.81. The first-order valence-corrected chi connectivity index (χ1v) is 15.6. The molecule has 0 saturated carbocycles. The summed E-state index contributed by atoms with van der Waals surface area (Å²) >= 11 is 1.95. The van der Waals surface area contributed by atoms with Gasteiger partial charge >= 0.3 is 0 Å². The van der Waals surface area contributed by atoms with E-state index < -0.39 is 0 Å². The van der Waals surface area contributed by atoms with Crippen molar-refractivity contribution in [2.24, 2.45) is 0 Å². The van der Waals surface area contributed by atoms with E-state index in [0.717, 1.165) is 6.42 Å². The third kappa shape index (κ3) is 3.47. The summed E-state index contributed by atoms with van der Waals surface area (Å²) in [5.41, 5.74) is 14.7. The van der Waals surface area contributed by atoms with Gasteiger partial charge in [0.2, 0.25) is 0 Å². The van der Waals surface area contributed by atoms with Crippen LogP contribution in [0.1, 0.15) is 50.1 Å². The zero-order chi connectivity index (χ0) is 28.4. The molecule has 0 atom stereocenters. The van der Waals surface area contributed by atoms with Gasteiger partial charge in [0.15, 0.2) is 0 Å². The van der Waals surface area contributed by atoms with Crippen molar-refractivity contribution >= 4 is 31.5 Å². The molecule has 1 aromatic heterocycles. The Morgan fingerprint density at radius 3 is 1.79 bits per heavy atom. The van der Waals surface area contributed by atoms with Crippen LogP contribution in [0.4, 0.5) is 0 Å². The molecule has 0 amide bonds. The predicted octanol–water partition coefficient (Wildman–Crippen LogP) is 10.9. The van der Waals surface area contributed by atoms with Crippen LogP contribution in [0, 0.1) is 20.8 Å². The van der Waals surface area contributed by atoms with E-state index in [4.69, 9.17) is 0 Å². The van der Waals surface area contributed by atoms with Gasteiger partial charge in [-0.15, -0.1) is 11.3 Å². The average molecular weight is 557 g/mol. The van der Waals surface area contributed by atoms with Crippen LogP contribution in [-0.4, -0.2) is 0 Å². The fraction of sp³-hybridized carbons (Fsp3) is 0.122. The van der Waals surface area contributed by atoms with Crippen molar-refractivity contribution in [2.45, 2.75) is 32.6 Å². The van der Waals surface area contributed by atoms with Gasteiger partial charge in [-0.1, -0.05) is 121 Å². The molecule has 0 unspecified atom stereocenters. The summed E-state index contributed by atoms with van der Waals surface area (Å²) in [5, 5.41) is 2.85. The maximum Gasteiger partial charge on any atom is 0.0713 e. The normalized spacial score (nSPS) is 13.4. The number of rotatable bonds is 4. The van der Waals surface area contributed by atoms with Gasteiger partial charge in [0.05, 0.1) is 5.41 Å². The monoisotopic (exact) mass is 556 g/mol. The third-order valence-electron chi connectivity index (χ3n) is 9.42. The lowest BCUT2D eigenvalue weighted by molar-refractivity contribution is 0.767. The highest BCUT2D eigenvalue weighted by atomic mass is 32.1. The molecule has 1 aliphatic carbocycles. The Bertz CT molecular complexity index is 2090. The summed E-state index contributed by atoms with van der Waals surface area (Å²) in [7, 11) is 0. The topological polar surface area (TPSA) is 0 Å². The quantitative estimate of drug-likeness (QED) is 0.202. The Labute approximate surface area is 251 Å². The lowest BCUT2D eigenvalue weighted by Gasteiger charge is -2.34. The van der Waals surface area contributed by atoms with Crippen molar-refractivity contribution in [1.82, 2.24) is 0 Å². The van der Waals surface area contributed by atoms with Crippen molar-refractivity contribution in [2.75, 3.05) is 0 Å². The molecule has 1 aliphatic rings. The fourth-order valence-electron chi connectivity index (χ4n) is 7.63. The second-order valence-corrected chi connectivity index (χ2v) is 12.8. The van der Waals surface area contributed by atoms with Crippen LogP contribution in [0.25, 0.3) is 31.3 Å². The third-order valence-corrected chi connectivity index (χ3v) is 10.7. The van der Waals surface area contributed by atoms with Gasteiger partial charge in [-0.3, -0.25) is 0 Å². The molecule has 1 heterocycles. The average Bonchev–Trinajstić information content (AvgIpc) is 3.57. The molecule has 0 aliphatic heterocycles. The molecule has 0 nitrogen and oxygen atoms in total. The van der Waals surface area contributed by atoms with E-state index in [1.165, 1.54) is 81.4 Å². The largest absolute Gasteiger partial charge is 0.135 e. The molecule has 0 fully saturated rings. The Balaban J connectivity index is 1.43. The van der Waals surface area contributed by atoms with Crippen molar-refractivity contribution < 1.29 is 0 Å². The molecule has 0 radical (unpaired) electrons. The first-order chi connectivity index (χ1) is 20.6. The molecule has 0 saturated heterocycles. The van der Waals surface area contributed by atoms with E-state index in [0.29, 0.717) is 0 Å². The van der Waals surface area contributed by atoms with E-state index >= 15 is 0 Å². The lowest BCUT2D eigenvalue weighted by Crippen LogP contribution is -2.28. The van der Waals surface area contributed by atoms with Crippen LogP contribution in [-0.2, 0) is 11.8 Å².